The molecule has 17 nitrogen and oxygen atoms in total. The lowest BCUT2D eigenvalue weighted by molar-refractivity contribution is -0.135. The van der Waals surface area contributed by atoms with Crippen molar-refractivity contribution in [1.82, 2.24) is 26.6 Å². The van der Waals surface area contributed by atoms with E-state index in [1.54, 1.807) is 0 Å². The van der Waals surface area contributed by atoms with Gasteiger partial charge in [0.25, 0.3) is 0 Å². The molecule has 0 aliphatic rings. The summed E-state index contributed by atoms with van der Waals surface area (Å²) in [4.78, 5) is 88.6. The molecule has 0 aromatic carbocycles. The van der Waals surface area contributed by atoms with Crippen molar-refractivity contribution in [3.63, 3.8) is 0 Å². The van der Waals surface area contributed by atoms with Crippen LogP contribution in [0.3, 0.4) is 0 Å². The zero-order valence-corrected chi connectivity index (χ0v) is 28.5. The van der Waals surface area contributed by atoms with Gasteiger partial charge in [0.2, 0.25) is 41.4 Å². The number of hydrogen-bond acceptors (Lipinski definition) is 10. The summed E-state index contributed by atoms with van der Waals surface area (Å²) in [5, 5.41) is 22.4. The molecule has 17 heteroatoms. The average molecular weight is 672 g/mol. The van der Waals surface area contributed by atoms with Gasteiger partial charge < -0.3 is 54.6 Å². The van der Waals surface area contributed by atoms with Gasteiger partial charge in [-0.15, -0.1) is 0 Å². The number of primary amides is 2. The third-order valence-corrected chi connectivity index (χ3v) is 7.17. The fourth-order valence-corrected chi connectivity index (χ4v) is 4.45. The predicted octanol–water partition coefficient (Wildman–Crippen LogP) is -2.89. The van der Waals surface area contributed by atoms with Crippen molar-refractivity contribution >= 4 is 41.4 Å². The van der Waals surface area contributed by atoms with Crippen LogP contribution < -0.4 is 49.5 Å². The molecule has 0 aliphatic heterocycles. The highest BCUT2D eigenvalue weighted by Crippen LogP contribution is 2.10. The lowest BCUT2D eigenvalue weighted by Crippen LogP contribution is -2.59. The Labute approximate surface area is 276 Å². The fraction of sp³-hybridized carbons (Fsp3) is 0.767. The van der Waals surface area contributed by atoms with Gasteiger partial charge >= 0.3 is 0 Å². The summed E-state index contributed by atoms with van der Waals surface area (Å²) in [5.74, 6) is -5.16. The molecule has 0 fully saturated rings. The second-order valence-electron chi connectivity index (χ2n) is 12.7. The number of nitrogens with one attached hydrogen (secondary N) is 5. The molecule has 0 heterocycles. The minimum atomic E-state index is -1.36. The molecule has 7 atom stereocenters. The number of unbranched alkanes of at least 4 members (excludes halogenated alkanes) is 1. The van der Waals surface area contributed by atoms with Gasteiger partial charge in [0, 0.05) is 6.42 Å². The topological polar surface area (TPSA) is 304 Å². The minimum absolute atomic E-state index is 0.0654. The number of nitrogens with two attached hydrogens (primary N) is 4. The Morgan fingerprint density at radius 2 is 1.04 bits per heavy atom. The van der Waals surface area contributed by atoms with Crippen LogP contribution in [0.25, 0.3) is 0 Å². The zero-order valence-electron chi connectivity index (χ0n) is 28.5. The van der Waals surface area contributed by atoms with Gasteiger partial charge in [-0.05, 0) is 70.8 Å². The number of carbonyl (C=O) groups excluding carboxylic acids is 7. The molecule has 0 aliphatic carbocycles. The molecule has 0 aromatic rings. The van der Waals surface area contributed by atoms with E-state index in [2.05, 4.69) is 26.6 Å². The maximum Gasteiger partial charge on any atom is 0.243 e. The number of aliphatic hydroxyl groups is 1. The van der Waals surface area contributed by atoms with E-state index in [0.29, 0.717) is 25.8 Å². The lowest BCUT2D eigenvalue weighted by Gasteiger charge is -2.27. The van der Waals surface area contributed by atoms with Crippen LogP contribution in [0.15, 0.2) is 0 Å². The number of aliphatic hydroxyl groups excluding tert-OH is 1. The summed E-state index contributed by atoms with van der Waals surface area (Å²) < 4.78 is 0. The van der Waals surface area contributed by atoms with Gasteiger partial charge in [-0.1, -0.05) is 27.7 Å². The first-order chi connectivity index (χ1) is 21.8. The standard InChI is InChI=1S/C30H57N9O8/c1-15(2)13-21(25(34)42)38-26(43)17(5)35-27(44)19(9-7-8-12-31)36-29(46)22(14-16(3)4)39-28(45)20(10-11-23(32)41)37-30(47)24(33)18(6)40/h15-22,24,40H,7-14,31,33H2,1-6H3,(H2,32,41)(H2,34,42)(H,35,44)(H,36,46)(H,37,47)(H,38,43)(H,39,45)/t17-,18-,19-,20-,21-,22-,24-/m1/s1. The number of hydrogen-bond donors (Lipinski definition) is 10. The highest BCUT2D eigenvalue weighted by molar-refractivity contribution is 5.96. The molecule has 0 saturated heterocycles. The van der Waals surface area contributed by atoms with Crippen molar-refractivity contribution in [2.24, 2.45) is 34.8 Å². The monoisotopic (exact) mass is 671 g/mol. The highest BCUT2D eigenvalue weighted by Gasteiger charge is 2.32. The summed E-state index contributed by atoms with van der Waals surface area (Å²) in [6.45, 7) is 10.4. The number of carbonyl (C=O) groups is 7. The van der Waals surface area contributed by atoms with E-state index >= 15 is 0 Å². The molecular weight excluding hydrogens is 614 g/mol. The Kier molecular flexibility index (Phi) is 20.1. The highest BCUT2D eigenvalue weighted by atomic mass is 16.3. The molecule has 0 bridgehead atoms. The summed E-state index contributed by atoms with van der Waals surface area (Å²) in [7, 11) is 0. The van der Waals surface area contributed by atoms with Crippen LogP contribution >= 0.6 is 0 Å². The smallest absolute Gasteiger partial charge is 0.243 e. The van der Waals surface area contributed by atoms with Gasteiger partial charge in [-0.3, -0.25) is 33.6 Å². The van der Waals surface area contributed by atoms with Crippen molar-refractivity contribution < 1.29 is 38.7 Å². The van der Waals surface area contributed by atoms with Gasteiger partial charge in [-0.2, -0.15) is 0 Å². The molecule has 0 rings (SSSR count). The van der Waals surface area contributed by atoms with E-state index < -0.39 is 83.7 Å². The van der Waals surface area contributed by atoms with Crippen LogP contribution in [0.1, 0.15) is 86.5 Å². The Morgan fingerprint density at radius 3 is 1.53 bits per heavy atom. The van der Waals surface area contributed by atoms with Gasteiger partial charge in [0.1, 0.15) is 36.3 Å². The molecule has 0 spiro atoms. The van der Waals surface area contributed by atoms with Crippen LogP contribution in [0.4, 0.5) is 0 Å². The first-order valence-corrected chi connectivity index (χ1v) is 16.0. The van der Waals surface area contributed by atoms with E-state index in [9.17, 15) is 38.7 Å². The first-order valence-electron chi connectivity index (χ1n) is 16.0. The fourth-order valence-electron chi connectivity index (χ4n) is 4.45. The zero-order chi connectivity index (χ0) is 36.4. The summed E-state index contributed by atoms with van der Waals surface area (Å²) in [6.07, 6.45) is -0.0761. The average Bonchev–Trinajstić information content (AvgIpc) is 2.96. The van der Waals surface area contributed by atoms with Gasteiger partial charge in [-0.25, -0.2) is 0 Å². The second-order valence-corrected chi connectivity index (χ2v) is 12.7. The molecule has 0 unspecified atom stereocenters. The Bertz CT molecular complexity index is 1070. The second kappa shape index (κ2) is 21.9. The SMILES string of the molecule is CC(C)C[C@@H](NC(=O)[C@@H](C)NC(=O)[C@@H](CCCCN)NC(=O)[C@@H](CC(C)C)NC(=O)[C@@H](CCC(N)=O)NC(=O)[C@H](N)[C@@H](C)O)C(N)=O. The molecule has 270 valence electrons. The largest absolute Gasteiger partial charge is 0.391 e. The van der Waals surface area contributed by atoms with Crippen molar-refractivity contribution in [3.05, 3.63) is 0 Å². The Balaban J connectivity index is 5.94. The van der Waals surface area contributed by atoms with Crippen LogP contribution in [0, 0.1) is 11.8 Å². The van der Waals surface area contributed by atoms with E-state index in [1.165, 1.54) is 13.8 Å². The Hall–Kier alpha value is -3.83. The van der Waals surface area contributed by atoms with E-state index in [4.69, 9.17) is 22.9 Å². The molecule has 0 radical (unpaired) electrons. The van der Waals surface area contributed by atoms with Crippen molar-refractivity contribution in [2.45, 2.75) is 129 Å². The first kappa shape index (κ1) is 43.2. The van der Waals surface area contributed by atoms with Crippen molar-refractivity contribution in [2.75, 3.05) is 6.54 Å². The van der Waals surface area contributed by atoms with E-state index in [-0.39, 0.29) is 37.5 Å². The Morgan fingerprint density at radius 1 is 0.596 bits per heavy atom. The number of rotatable bonds is 23. The molecular formula is C30H57N9O8. The van der Waals surface area contributed by atoms with E-state index in [1.807, 2.05) is 27.7 Å². The summed E-state index contributed by atoms with van der Waals surface area (Å²) >= 11 is 0. The summed E-state index contributed by atoms with van der Waals surface area (Å²) in [5.41, 5.74) is 21.9. The molecule has 0 aromatic heterocycles. The molecule has 14 N–H and O–H groups in total. The molecule has 47 heavy (non-hydrogen) atoms. The molecule has 7 amide bonds. The minimum Gasteiger partial charge on any atom is -0.391 e. The summed E-state index contributed by atoms with van der Waals surface area (Å²) in [6, 6.07) is -6.97. The van der Waals surface area contributed by atoms with Crippen LogP contribution in [-0.4, -0.2) is 95.4 Å². The normalized spacial score (nSPS) is 15.7. The lowest BCUT2D eigenvalue weighted by atomic mass is 10.0. The number of amides is 7. The third-order valence-electron chi connectivity index (χ3n) is 7.17. The van der Waals surface area contributed by atoms with Crippen LogP contribution in [0.5, 0.6) is 0 Å². The van der Waals surface area contributed by atoms with Crippen molar-refractivity contribution in [3.8, 4) is 0 Å². The van der Waals surface area contributed by atoms with Gasteiger partial charge in [0.05, 0.1) is 6.10 Å². The quantitative estimate of drug-likeness (QED) is 0.0494. The third kappa shape index (κ3) is 17.6. The van der Waals surface area contributed by atoms with Crippen LogP contribution in [-0.2, 0) is 33.6 Å². The van der Waals surface area contributed by atoms with Crippen LogP contribution in [0.2, 0.25) is 0 Å². The molecule has 0 saturated carbocycles. The predicted molar refractivity (Wildman–Crippen MR) is 174 cm³/mol. The van der Waals surface area contributed by atoms with Crippen molar-refractivity contribution in [1.29, 1.82) is 0 Å². The maximum atomic E-state index is 13.5. The van der Waals surface area contributed by atoms with Gasteiger partial charge in [0.15, 0.2) is 0 Å². The van der Waals surface area contributed by atoms with E-state index in [0.717, 1.165) is 0 Å². The maximum absolute atomic E-state index is 13.5.